The van der Waals surface area contributed by atoms with E-state index >= 15 is 0 Å². The standard InChI is InChI=1S/C19H14N2O7/c1-7-5-11(22)27-15-8(2)16-10(6-9(7)15)12-13(18(23)25-3)20-21-14(17(12)28-16)19(24)26-4/h5-6H,1-4H3. The number of furan rings is 1. The number of hydrogen-bond donors (Lipinski definition) is 0. The van der Waals surface area contributed by atoms with Gasteiger partial charge in [-0.05, 0) is 25.5 Å². The van der Waals surface area contributed by atoms with Gasteiger partial charge in [0, 0.05) is 22.4 Å². The predicted molar refractivity (Wildman–Crippen MR) is 97.5 cm³/mol. The summed E-state index contributed by atoms with van der Waals surface area (Å²) in [5.41, 5.74) is 1.20. The average molecular weight is 382 g/mol. The normalized spacial score (nSPS) is 11.3. The summed E-state index contributed by atoms with van der Waals surface area (Å²) in [6.45, 7) is 3.49. The first-order chi connectivity index (χ1) is 13.4. The first-order valence-corrected chi connectivity index (χ1v) is 8.21. The van der Waals surface area contributed by atoms with Crippen molar-refractivity contribution in [1.82, 2.24) is 10.2 Å². The molecule has 0 aliphatic carbocycles. The largest absolute Gasteiger partial charge is 0.464 e. The zero-order valence-electron chi connectivity index (χ0n) is 15.4. The summed E-state index contributed by atoms with van der Waals surface area (Å²) in [7, 11) is 2.41. The van der Waals surface area contributed by atoms with Crippen molar-refractivity contribution in [3.8, 4) is 0 Å². The Morgan fingerprint density at radius 1 is 0.857 bits per heavy atom. The molecule has 0 aliphatic rings. The molecule has 4 rings (SSSR count). The van der Waals surface area contributed by atoms with Crippen molar-refractivity contribution < 1.29 is 27.9 Å². The molecule has 0 bridgehead atoms. The summed E-state index contributed by atoms with van der Waals surface area (Å²) in [5, 5.41) is 9.09. The highest BCUT2D eigenvalue weighted by molar-refractivity contribution is 6.20. The van der Waals surface area contributed by atoms with E-state index in [-0.39, 0.29) is 22.4 Å². The number of benzene rings is 1. The van der Waals surface area contributed by atoms with Crippen LogP contribution >= 0.6 is 0 Å². The minimum absolute atomic E-state index is 0.0376. The number of aromatic nitrogens is 2. The molecule has 0 radical (unpaired) electrons. The van der Waals surface area contributed by atoms with Gasteiger partial charge in [-0.15, -0.1) is 10.2 Å². The van der Waals surface area contributed by atoms with Crippen molar-refractivity contribution >= 4 is 44.8 Å². The summed E-state index contributed by atoms with van der Waals surface area (Å²) < 4.78 is 20.8. The van der Waals surface area contributed by atoms with Crippen LogP contribution in [0, 0.1) is 13.8 Å². The van der Waals surface area contributed by atoms with E-state index in [1.165, 1.54) is 20.3 Å². The Hall–Kier alpha value is -3.75. The van der Waals surface area contributed by atoms with E-state index in [0.717, 1.165) is 0 Å². The van der Waals surface area contributed by atoms with Crippen LogP contribution in [0.15, 0.2) is 25.8 Å². The lowest BCUT2D eigenvalue weighted by Gasteiger charge is -2.05. The molecule has 9 nitrogen and oxygen atoms in total. The van der Waals surface area contributed by atoms with E-state index in [4.69, 9.17) is 18.3 Å². The fourth-order valence-electron chi connectivity index (χ4n) is 3.25. The SMILES string of the molecule is COC(=O)c1nnc(C(=O)OC)c2c1oc1c(C)c3oc(=O)cc(C)c3cc12. The second-order valence-electron chi connectivity index (χ2n) is 6.19. The van der Waals surface area contributed by atoms with Crippen molar-refractivity contribution in [2.45, 2.75) is 13.8 Å². The van der Waals surface area contributed by atoms with E-state index in [0.29, 0.717) is 33.1 Å². The maximum Gasteiger partial charge on any atom is 0.362 e. The van der Waals surface area contributed by atoms with E-state index in [9.17, 15) is 14.4 Å². The molecule has 0 saturated heterocycles. The molecule has 9 heteroatoms. The molecule has 0 spiro atoms. The lowest BCUT2D eigenvalue weighted by atomic mass is 10.0. The summed E-state index contributed by atoms with van der Waals surface area (Å²) >= 11 is 0. The van der Waals surface area contributed by atoms with Crippen LogP contribution in [-0.2, 0) is 9.47 Å². The number of carbonyl (C=O) groups is 2. The van der Waals surface area contributed by atoms with Crippen molar-refractivity contribution in [3.63, 3.8) is 0 Å². The van der Waals surface area contributed by atoms with Gasteiger partial charge >= 0.3 is 17.6 Å². The molecule has 3 heterocycles. The number of esters is 2. The van der Waals surface area contributed by atoms with Crippen molar-refractivity contribution in [1.29, 1.82) is 0 Å². The molecule has 0 fully saturated rings. The van der Waals surface area contributed by atoms with Gasteiger partial charge in [0.05, 0.1) is 19.6 Å². The van der Waals surface area contributed by atoms with Gasteiger partial charge in [-0.2, -0.15) is 0 Å². The first-order valence-electron chi connectivity index (χ1n) is 8.21. The zero-order valence-corrected chi connectivity index (χ0v) is 15.4. The Kier molecular flexibility index (Phi) is 3.88. The minimum atomic E-state index is -0.766. The van der Waals surface area contributed by atoms with Crippen molar-refractivity contribution in [2.24, 2.45) is 0 Å². The molecule has 0 unspecified atom stereocenters. The van der Waals surface area contributed by atoms with E-state index in [1.807, 2.05) is 0 Å². The number of fused-ring (bicyclic) bond motifs is 4. The van der Waals surface area contributed by atoms with Gasteiger partial charge in [0.1, 0.15) is 11.2 Å². The van der Waals surface area contributed by atoms with Gasteiger partial charge in [-0.1, -0.05) is 0 Å². The number of rotatable bonds is 2. The van der Waals surface area contributed by atoms with Gasteiger partial charge in [-0.25, -0.2) is 14.4 Å². The molecule has 0 saturated carbocycles. The number of aryl methyl sites for hydroxylation is 2. The Balaban J connectivity index is 2.27. The summed E-state index contributed by atoms with van der Waals surface area (Å²) in [6, 6.07) is 3.09. The van der Waals surface area contributed by atoms with Gasteiger partial charge in [0.15, 0.2) is 11.3 Å². The third-order valence-electron chi connectivity index (χ3n) is 4.58. The number of carbonyl (C=O) groups excluding carboxylic acids is 2. The summed E-state index contributed by atoms with van der Waals surface area (Å²) in [5.74, 6) is -1.50. The number of nitrogens with zero attached hydrogens (tertiary/aromatic N) is 2. The Labute approximate surface area is 156 Å². The van der Waals surface area contributed by atoms with Crippen molar-refractivity contribution in [3.05, 3.63) is 45.1 Å². The molecular formula is C19H14N2O7. The molecule has 0 aliphatic heterocycles. The fraction of sp³-hybridized carbons (Fsp3) is 0.211. The Morgan fingerprint density at radius 2 is 1.46 bits per heavy atom. The van der Waals surface area contributed by atoms with Crippen LogP contribution in [0.4, 0.5) is 0 Å². The average Bonchev–Trinajstić information content (AvgIpc) is 3.07. The van der Waals surface area contributed by atoms with Crippen LogP contribution in [0.1, 0.15) is 32.1 Å². The second-order valence-corrected chi connectivity index (χ2v) is 6.19. The molecule has 0 amide bonds. The third kappa shape index (κ3) is 2.36. The van der Waals surface area contributed by atoms with Crippen LogP contribution in [0.3, 0.4) is 0 Å². The quantitative estimate of drug-likeness (QED) is 0.380. The molecule has 1 aromatic carbocycles. The third-order valence-corrected chi connectivity index (χ3v) is 4.58. The highest BCUT2D eigenvalue weighted by atomic mass is 16.5. The van der Waals surface area contributed by atoms with Crippen molar-refractivity contribution in [2.75, 3.05) is 14.2 Å². The first kappa shape index (κ1) is 17.7. The summed E-state index contributed by atoms with van der Waals surface area (Å²) in [4.78, 5) is 36.1. The molecule has 28 heavy (non-hydrogen) atoms. The van der Waals surface area contributed by atoms with Crippen LogP contribution in [-0.4, -0.2) is 36.4 Å². The molecule has 4 aromatic rings. The fourth-order valence-corrected chi connectivity index (χ4v) is 3.25. The van der Waals surface area contributed by atoms with Gasteiger partial charge in [0.25, 0.3) is 0 Å². The summed E-state index contributed by atoms with van der Waals surface area (Å²) in [6.07, 6.45) is 0. The van der Waals surface area contributed by atoms with Crippen LogP contribution < -0.4 is 5.63 Å². The maximum atomic E-state index is 12.2. The predicted octanol–water partition coefficient (Wildman–Crippen LogP) is 2.67. The molecule has 3 aromatic heterocycles. The number of hydrogen-bond acceptors (Lipinski definition) is 9. The minimum Gasteiger partial charge on any atom is -0.464 e. The molecule has 0 N–H and O–H groups in total. The van der Waals surface area contributed by atoms with Crippen LogP contribution in [0.5, 0.6) is 0 Å². The van der Waals surface area contributed by atoms with Gasteiger partial charge < -0.3 is 18.3 Å². The second kappa shape index (κ2) is 6.15. The molecular weight excluding hydrogens is 368 g/mol. The lowest BCUT2D eigenvalue weighted by molar-refractivity contribution is 0.0576. The number of ether oxygens (including phenoxy) is 2. The highest BCUT2D eigenvalue weighted by Gasteiger charge is 2.27. The Morgan fingerprint density at radius 3 is 2.14 bits per heavy atom. The Bertz CT molecular complexity index is 1360. The molecule has 142 valence electrons. The topological polar surface area (TPSA) is 122 Å². The lowest BCUT2D eigenvalue weighted by Crippen LogP contribution is -2.11. The number of methoxy groups -OCH3 is 2. The van der Waals surface area contributed by atoms with E-state index < -0.39 is 17.6 Å². The van der Waals surface area contributed by atoms with E-state index in [1.54, 1.807) is 19.9 Å². The zero-order chi connectivity index (χ0) is 20.2. The monoisotopic (exact) mass is 382 g/mol. The van der Waals surface area contributed by atoms with Gasteiger partial charge in [0.2, 0.25) is 5.69 Å². The van der Waals surface area contributed by atoms with Gasteiger partial charge in [-0.3, -0.25) is 0 Å². The van der Waals surface area contributed by atoms with Crippen LogP contribution in [0.25, 0.3) is 32.9 Å². The van der Waals surface area contributed by atoms with E-state index in [2.05, 4.69) is 10.2 Å². The molecule has 0 atom stereocenters. The smallest absolute Gasteiger partial charge is 0.362 e. The van der Waals surface area contributed by atoms with Crippen LogP contribution in [0.2, 0.25) is 0 Å². The highest BCUT2D eigenvalue weighted by Crippen LogP contribution is 2.38. The maximum absolute atomic E-state index is 12.2.